The molecule has 3 aromatic carbocycles. The lowest BCUT2D eigenvalue weighted by molar-refractivity contribution is -0.112. The molecule has 1 N–H and O–H groups in total. The number of nitrogens with zero attached hydrogens (tertiary/aromatic N) is 2. The second-order valence-corrected chi connectivity index (χ2v) is 7.85. The molecule has 0 saturated heterocycles. The number of rotatable bonds is 6. The van der Waals surface area contributed by atoms with Crippen molar-refractivity contribution in [3.63, 3.8) is 0 Å². The highest BCUT2D eigenvalue weighted by Crippen LogP contribution is 2.25. The SMILES string of the molecule is Cc1ccccc1NC(=O)/C(C#N)=C\c1ccc(OCc2ccccc2C#N)c(I)c1. The predicted molar refractivity (Wildman–Crippen MR) is 128 cm³/mol. The van der Waals surface area contributed by atoms with E-state index in [0.717, 1.165) is 14.7 Å². The Labute approximate surface area is 194 Å². The molecule has 0 aromatic heterocycles. The molecule has 31 heavy (non-hydrogen) atoms. The van der Waals surface area contributed by atoms with Gasteiger partial charge in [0.15, 0.2) is 0 Å². The van der Waals surface area contributed by atoms with Gasteiger partial charge in [0, 0.05) is 11.3 Å². The average Bonchev–Trinajstić information content (AvgIpc) is 2.78. The molecule has 0 bridgehead atoms. The van der Waals surface area contributed by atoms with Crippen molar-refractivity contribution in [1.82, 2.24) is 0 Å². The van der Waals surface area contributed by atoms with Crippen LogP contribution in [0.5, 0.6) is 5.75 Å². The summed E-state index contributed by atoms with van der Waals surface area (Å²) in [5, 5.41) is 21.4. The van der Waals surface area contributed by atoms with E-state index >= 15 is 0 Å². The van der Waals surface area contributed by atoms with Gasteiger partial charge in [0.25, 0.3) is 5.91 Å². The molecule has 0 aliphatic rings. The van der Waals surface area contributed by atoms with Crippen LogP contribution in [0.15, 0.2) is 72.3 Å². The van der Waals surface area contributed by atoms with Gasteiger partial charge in [0.1, 0.15) is 24.0 Å². The van der Waals surface area contributed by atoms with Gasteiger partial charge in [-0.3, -0.25) is 4.79 Å². The van der Waals surface area contributed by atoms with Crippen molar-refractivity contribution < 1.29 is 9.53 Å². The summed E-state index contributed by atoms with van der Waals surface area (Å²) in [6, 6.07) is 24.2. The van der Waals surface area contributed by atoms with E-state index in [0.29, 0.717) is 22.6 Å². The van der Waals surface area contributed by atoms with Gasteiger partial charge in [0.2, 0.25) is 0 Å². The number of hydrogen-bond donors (Lipinski definition) is 1. The molecular weight excluding hydrogens is 501 g/mol. The van der Waals surface area contributed by atoms with E-state index < -0.39 is 5.91 Å². The Kier molecular flexibility index (Phi) is 7.42. The first-order valence-corrected chi connectivity index (χ1v) is 10.5. The topological polar surface area (TPSA) is 85.9 Å². The normalized spacial score (nSPS) is 10.6. The fourth-order valence-electron chi connectivity index (χ4n) is 2.85. The van der Waals surface area contributed by atoms with Crippen molar-refractivity contribution in [3.8, 4) is 17.9 Å². The molecule has 0 unspecified atom stereocenters. The van der Waals surface area contributed by atoms with Crippen LogP contribution in [0.1, 0.15) is 22.3 Å². The number of benzene rings is 3. The van der Waals surface area contributed by atoms with Gasteiger partial charge in [-0.2, -0.15) is 10.5 Å². The molecule has 0 fully saturated rings. The average molecular weight is 519 g/mol. The third-order valence-corrected chi connectivity index (χ3v) is 5.39. The molecule has 152 valence electrons. The third-order valence-electron chi connectivity index (χ3n) is 4.55. The lowest BCUT2D eigenvalue weighted by Gasteiger charge is -2.10. The molecule has 0 aliphatic heterocycles. The van der Waals surface area contributed by atoms with Gasteiger partial charge in [-0.15, -0.1) is 0 Å². The Morgan fingerprint density at radius 2 is 1.84 bits per heavy atom. The van der Waals surface area contributed by atoms with Crippen LogP contribution in [-0.2, 0) is 11.4 Å². The minimum Gasteiger partial charge on any atom is -0.488 e. The summed E-state index contributed by atoms with van der Waals surface area (Å²) >= 11 is 2.14. The number of ether oxygens (including phenoxy) is 1. The number of hydrogen-bond acceptors (Lipinski definition) is 4. The van der Waals surface area contributed by atoms with E-state index in [2.05, 4.69) is 34.0 Å². The molecule has 0 aliphatic carbocycles. The van der Waals surface area contributed by atoms with Gasteiger partial charge >= 0.3 is 0 Å². The van der Waals surface area contributed by atoms with Crippen LogP contribution in [0.3, 0.4) is 0 Å². The molecule has 3 rings (SSSR count). The quantitative estimate of drug-likeness (QED) is 0.261. The Balaban J connectivity index is 1.74. The molecule has 5 nitrogen and oxygen atoms in total. The highest BCUT2D eigenvalue weighted by molar-refractivity contribution is 14.1. The second-order valence-electron chi connectivity index (χ2n) is 6.69. The van der Waals surface area contributed by atoms with E-state index in [1.54, 1.807) is 30.3 Å². The Morgan fingerprint density at radius 3 is 2.55 bits per heavy atom. The predicted octanol–water partition coefficient (Wildman–Crippen LogP) is 5.60. The molecule has 3 aromatic rings. The molecule has 6 heteroatoms. The zero-order chi connectivity index (χ0) is 22.2. The number of amides is 1. The van der Waals surface area contributed by atoms with Crippen LogP contribution >= 0.6 is 22.6 Å². The number of anilines is 1. The van der Waals surface area contributed by atoms with Gasteiger partial charge < -0.3 is 10.1 Å². The van der Waals surface area contributed by atoms with Gasteiger partial charge in [0.05, 0.1) is 15.2 Å². The van der Waals surface area contributed by atoms with Crippen LogP contribution in [0.4, 0.5) is 5.69 Å². The van der Waals surface area contributed by atoms with Gasteiger partial charge in [-0.25, -0.2) is 0 Å². The summed E-state index contributed by atoms with van der Waals surface area (Å²) in [6.45, 7) is 2.17. The third kappa shape index (κ3) is 5.71. The van der Waals surface area contributed by atoms with Gasteiger partial charge in [-0.1, -0.05) is 42.5 Å². The zero-order valence-electron chi connectivity index (χ0n) is 16.7. The summed E-state index contributed by atoms with van der Waals surface area (Å²) < 4.78 is 6.70. The van der Waals surface area contributed by atoms with Crippen molar-refractivity contribution in [1.29, 1.82) is 10.5 Å². The Bertz CT molecular complexity index is 1240. The second kappa shape index (κ2) is 10.4. The maximum Gasteiger partial charge on any atom is 0.266 e. The molecule has 0 spiro atoms. The lowest BCUT2D eigenvalue weighted by atomic mass is 10.1. The molecule has 0 heterocycles. The van der Waals surface area contributed by atoms with Crippen molar-refractivity contribution in [2.75, 3.05) is 5.32 Å². The van der Waals surface area contributed by atoms with E-state index in [-0.39, 0.29) is 12.2 Å². The first-order chi connectivity index (χ1) is 15.0. The first-order valence-electron chi connectivity index (χ1n) is 9.41. The van der Waals surface area contributed by atoms with E-state index in [1.165, 1.54) is 0 Å². The smallest absolute Gasteiger partial charge is 0.266 e. The Morgan fingerprint density at radius 1 is 1.10 bits per heavy atom. The molecule has 0 saturated carbocycles. The number of halogens is 1. The standard InChI is InChI=1S/C25H18IN3O2/c1-17-6-2-5-9-23(17)29-25(30)21(15-28)12-18-10-11-24(22(26)13-18)31-16-20-8-4-3-7-19(20)14-27/h2-13H,16H2,1H3,(H,29,30)/b21-12-. The Hall–Kier alpha value is -3.62. The largest absolute Gasteiger partial charge is 0.488 e. The molecule has 0 radical (unpaired) electrons. The van der Waals surface area contributed by atoms with Crippen LogP contribution in [0.25, 0.3) is 6.08 Å². The minimum absolute atomic E-state index is 0.00988. The lowest BCUT2D eigenvalue weighted by Crippen LogP contribution is -2.14. The highest BCUT2D eigenvalue weighted by atomic mass is 127. The van der Waals surface area contributed by atoms with E-state index in [1.807, 2.05) is 55.5 Å². The van der Waals surface area contributed by atoms with Crippen LogP contribution in [0.2, 0.25) is 0 Å². The fraction of sp³-hybridized carbons (Fsp3) is 0.0800. The summed E-state index contributed by atoms with van der Waals surface area (Å²) in [4.78, 5) is 12.5. The molecular formula is C25H18IN3O2. The fourth-order valence-corrected chi connectivity index (χ4v) is 3.55. The maximum absolute atomic E-state index is 12.5. The summed E-state index contributed by atoms with van der Waals surface area (Å²) in [5.41, 5.74) is 3.70. The van der Waals surface area contributed by atoms with Crippen LogP contribution in [-0.4, -0.2) is 5.91 Å². The number of para-hydroxylation sites is 1. The number of aryl methyl sites for hydroxylation is 1. The molecule has 1 amide bonds. The summed E-state index contributed by atoms with van der Waals surface area (Å²) in [7, 11) is 0. The number of nitrogens with one attached hydrogen (secondary N) is 1. The first kappa shape index (κ1) is 22.1. The number of nitriles is 2. The van der Waals surface area contributed by atoms with E-state index in [4.69, 9.17) is 4.74 Å². The summed E-state index contributed by atoms with van der Waals surface area (Å²) in [6.07, 6.45) is 1.55. The minimum atomic E-state index is -0.458. The number of carbonyl (C=O) groups is 1. The summed E-state index contributed by atoms with van der Waals surface area (Å²) in [5.74, 6) is 0.202. The monoisotopic (exact) mass is 519 g/mol. The number of carbonyl (C=O) groups excluding carboxylic acids is 1. The highest BCUT2D eigenvalue weighted by Gasteiger charge is 2.12. The molecule has 0 atom stereocenters. The maximum atomic E-state index is 12.5. The van der Waals surface area contributed by atoms with Crippen molar-refractivity contribution in [2.45, 2.75) is 13.5 Å². The van der Waals surface area contributed by atoms with Crippen LogP contribution < -0.4 is 10.1 Å². The van der Waals surface area contributed by atoms with Gasteiger partial charge in [-0.05, 0) is 71.0 Å². The zero-order valence-corrected chi connectivity index (χ0v) is 18.9. The van der Waals surface area contributed by atoms with Crippen molar-refractivity contribution in [2.24, 2.45) is 0 Å². The van der Waals surface area contributed by atoms with E-state index in [9.17, 15) is 15.3 Å². The van der Waals surface area contributed by atoms with Crippen molar-refractivity contribution >= 4 is 40.3 Å². The van der Waals surface area contributed by atoms with Crippen LogP contribution in [0, 0.1) is 33.2 Å². The van der Waals surface area contributed by atoms with Crippen molar-refractivity contribution in [3.05, 3.63) is 98.1 Å².